The largest absolute Gasteiger partial charge is 0.492 e. The van der Waals surface area contributed by atoms with Crippen LogP contribution < -0.4 is 9.47 Å². The average Bonchev–Trinajstić information content (AvgIpc) is 2.61. The fraction of sp³-hybridized carbons (Fsp3) is 0.353. The topological polar surface area (TPSA) is 71.3 Å². The number of fused-ring (bicyclic) bond motifs is 1. The van der Waals surface area contributed by atoms with E-state index >= 15 is 0 Å². The Balaban J connectivity index is 1.54. The van der Waals surface area contributed by atoms with Crippen molar-refractivity contribution < 1.29 is 9.47 Å². The molecule has 2 heterocycles. The molecule has 6 heteroatoms. The van der Waals surface area contributed by atoms with Crippen LogP contribution in [0.25, 0.3) is 0 Å². The fourth-order valence-corrected chi connectivity index (χ4v) is 2.66. The molecule has 1 aromatic carbocycles. The molecule has 0 saturated carbocycles. The fourth-order valence-electron chi connectivity index (χ4n) is 2.66. The molecule has 6 nitrogen and oxygen atoms in total. The molecular weight excluding hydrogens is 292 g/mol. The summed E-state index contributed by atoms with van der Waals surface area (Å²) in [5.74, 6) is 1.44. The van der Waals surface area contributed by atoms with Crippen LogP contribution in [0.5, 0.6) is 11.6 Å². The monoisotopic (exact) mass is 310 g/mol. The third-order valence-corrected chi connectivity index (χ3v) is 3.89. The molecule has 0 unspecified atom stereocenters. The van der Waals surface area contributed by atoms with Crippen molar-refractivity contribution in [3.8, 4) is 17.7 Å². The van der Waals surface area contributed by atoms with Gasteiger partial charge >= 0.3 is 0 Å². The molecule has 118 valence electrons. The molecule has 0 bridgehead atoms. The van der Waals surface area contributed by atoms with Gasteiger partial charge in [0.15, 0.2) is 0 Å². The van der Waals surface area contributed by atoms with E-state index in [0.29, 0.717) is 18.1 Å². The zero-order valence-corrected chi connectivity index (χ0v) is 13.0. The summed E-state index contributed by atoms with van der Waals surface area (Å²) in [5.41, 5.74) is 2.78. The van der Waals surface area contributed by atoms with Gasteiger partial charge in [-0.25, -0.2) is 9.97 Å². The van der Waals surface area contributed by atoms with Crippen LogP contribution in [0.2, 0.25) is 0 Å². The Kier molecular flexibility index (Phi) is 4.69. The van der Waals surface area contributed by atoms with E-state index in [2.05, 4.69) is 20.9 Å². The van der Waals surface area contributed by atoms with Crippen molar-refractivity contribution in [2.75, 3.05) is 26.8 Å². The van der Waals surface area contributed by atoms with Gasteiger partial charge in [0, 0.05) is 31.6 Å². The molecule has 1 aliphatic rings. The van der Waals surface area contributed by atoms with Crippen molar-refractivity contribution >= 4 is 0 Å². The Hall–Kier alpha value is -2.65. The lowest BCUT2D eigenvalue weighted by Gasteiger charge is -2.28. The van der Waals surface area contributed by atoms with Gasteiger partial charge in [-0.05, 0) is 24.3 Å². The second-order valence-electron chi connectivity index (χ2n) is 5.32. The normalized spacial score (nSPS) is 13.9. The first-order chi connectivity index (χ1) is 11.3. The van der Waals surface area contributed by atoms with Crippen LogP contribution in [0.15, 0.2) is 30.6 Å². The first kappa shape index (κ1) is 15.3. The van der Waals surface area contributed by atoms with E-state index in [4.69, 9.17) is 14.7 Å². The zero-order chi connectivity index (χ0) is 16.1. The van der Waals surface area contributed by atoms with Crippen molar-refractivity contribution in [2.45, 2.75) is 13.0 Å². The Labute approximate surface area is 135 Å². The zero-order valence-electron chi connectivity index (χ0n) is 13.0. The molecule has 0 fully saturated rings. The number of rotatable bonds is 5. The highest BCUT2D eigenvalue weighted by Gasteiger charge is 2.21. The molecule has 0 spiro atoms. The van der Waals surface area contributed by atoms with E-state index in [1.54, 1.807) is 25.6 Å². The summed E-state index contributed by atoms with van der Waals surface area (Å²) in [6, 6.07) is 9.25. The lowest BCUT2D eigenvalue weighted by molar-refractivity contribution is 0.192. The van der Waals surface area contributed by atoms with Gasteiger partial charge in [-0.2, -0.15) is 5.26 Å². The summed E-state index contributed by atoms with van der Waals surface area (Å²) in [7, 11) is 1.63. The maximum absolute atomic E-state index is 8.78. The summed E-state index contributed by atoms with van der Waals surface area (Å²) in [6.07, 6.45) is 2.45. The highest BCUT2D eigenvalue weighted by atomic mass is 16.5. The van der Waals surface area contributed by atoms with Crippen molar-refractivity contribution in [2.24, 2.45) is 0 Å². The Morgan fingerprint density at radius 3 is 2.83 bits per heavy atom. The lowest BCUT2D eigenvalue weighted by atomic mass is 10.1. The molecular formula is C17H18N4O2. The van der Waals surface area contributed by atoms with Crippen LogP contribution in [0.3, 0.4) is 0 Å². The number of nitrogens with zero attached hydrogens (tertiary/aromatic N) is 4. The minimum atomic E-state index is 0.594. The predicted octanol–water partition coefficient (Wildman–Crippen LogP) is 1.79. The summed E-state index contributed by atoms with van der Waals surface area (Å²) in [5, 5.41) is 8.78. The number of methoxy groups -OCH3 is 1. The molecule has 0 aliphatic carbocycles. The Bertz CT molecular complexity index is 695. The molecule has 1 aliphatic heterocycles. The molecule has 1 aromatic heterocycles. The number of aromatic nitrogens is 2. The molecule has 3 rings (SSSR count). The van der Waals surface area contributed by atoms with E-state index in [9.17, 15) is 0 Å². The van der Waals surface area contributed by atoms with Gasteiger partial charge in [-0.15, -0.1) is 0 Å². The Morgan fingerprint density at radius 2 is 2.09 bits per heavy atom. The first-order valence-electron chi connectivity index (χ1n) is 7.52. The van der Waals surface area contributed by atoms with Gasteiger partial charge in [0.1, 0.15) is 18.7 Å². The maximum Gasteiger partial charge on any atom is 0.220 e. The standard InChI is InChI=1S/C17H18N4O2/c1-22-17-15-11-21(7-6-16(15)19-12-20-17)8-9-23-14-4-2-13(10-18)3-5-14/h2-5,12H,6-9,11H2,1H3. The molecule has 2 aromatic rings. The minimum absolute atomic E-state index is 0.594. The molecule has 0 saturated heterocycles. The molecule has 0 radical (unpaired) electrons. The molecule has 23 heavy (non-hydrogen) atoms. The van der Waals surface area contributed by atoms with Crippen LogP contribution in [0.1, 0.15) is 16.8 Å². The van der Waals surface area contributed by atoms with E-state index in [1.807, 2.05) is 12.1 Å². The lowest BCUT2D eigenvalue weighted by Crippen LogP contribution is -2.34. The number of ether oxygens (including phenoxy) is 2. The summed E-state index contributed by atoms with van der Waals surface area (Å²) in [6.45, 7) is 3.13. The summed E-state index contributed by atoms with van der Waals surface area (Å²) >= 11 is 0. The number of hydrogen-bond donors (Lipinski definition) is 0. The van der Waals surface area contributed by atoms with Crippen molar-refractivity contribution in [3.05, 3.63) is 47.4 Å². The SMILES string of the molecule is COc1ncnc2c1CN(CCOc1ccc(C#N)cc1)CC2. The van der Waals surface area contributed by atoms with Gasteiger partial charge in [0.25, 0.3) is 0 Å². The molecule has 0 atom stereocenters. The second kappa shape index (κ2) is 7.07. The van der Waals surface area contributed by atoms with Gasteiger partial charge in [0.05, 0.1) is 24.4 Å². The molecule has 0 amide bonds. The van der Waals surface area contributed by atoms with Crippen LogP contribution in [0.4, 0.5) is 0 Å². The third kappa shape index (κ3) is 3.58. The van der Waals surface area contributed by atoms with Crippen LogP contribution in [0, 0.1) is 11.3 Å². The summed E-state index contributed by atoms with van der Waals surface area (Å²) < 4.78 is 11.1. The Morgan fingerprint density at radius 1 is 1.26 bits per heavy atom. The van der Waals surface area contributed by atoms with E-state index < -0.39 is 0 Å². The highest BCUT2D eigenvalue weighted by Crippen LogP contribution is 2.24. The predicted molar refractivity (Wildman–Crippen MR) is 84.2 cm³/mol. The van der Waals surface area contributed by atoms with Crippen molar-refractivity contribution in [1.82, 2.24) is 14.9 Å². The van der Waals surface area contributed by atoms with E-state index in [1.165, 1.54) is 0 Å². The second-order valence-corrected chi connectivity index (χ2v) is 5.32. The smallest absolute Gasteiger partial charge is 0.220 e. The van der Waals surface area contributed by atoms with Gasteiger partial charge in [0.2, 0.25) is 5.88 Å². The van der Waals surface area contributed by atoms with Crippen molar-refractivity contribution in [1.29, 1.82) is 5.26 Å². The van der Waals surface area contributed by atoms with E-state index in [-0.39, 0.29) is 0 Å². The molecule has 0 N–H and O–H groups in total. The van der Waals surface area contributed by atoms with Gasteiger partial charge < -0.3 is 9.47 Å². The van der Waals surface area contributed by atoms with Crippen LogP contribution in [-0.4, -0.2) is 41.7 Å². The number of benzene rings is 1. The van der Waals surface area contributed by atoms with Crippen molar-refractivity contribution in [3.63, 3.8) is 0 Å². The third-order valence-electron chi connectivity index (χ3n) is 3.89. The van der Waals surface area contributed by atoms with Crippen LogP contribution in [-0.2, 0) is 13.0 Å². The average molecular weight is 310 g/mol. The number of nitriles is 1. The first-order valence-corrected chi connectivity index (χ1v) is 7.52. The summed E-state index contributed by atoms with van der Waals surface area (Å²) in [4.78, 5) is 10.8. The van der Waals surface area contributed by atoms with E-state index in [0.717, 1.165) is 43.1 Å². The number of hydrogen-bond acceptors (Lipinski definition) is 6. The maximum atomic E-state index is 8.78. The van der Waals surface area contributed by atoms with Gasteiger partial charge in [-0.1, -0.05) is 0 Å². The van der Waals surface area contributed by atoms with Gasteiger partial charge in [-0.3, -0.25) is 4.90 Å². The highest BCUT2D eigenvalue weighted by molar-refractivity contribution is 5.34. The quantitative estimate of drug-likeness (QED) is 0.838. The minimum Gasteiger partial charge on any atom is -0.492 e. The van der Waals surface area contributed by atoms with Crippen LogP contribution >= 0.6 is 0 Å².